The molecule has 0 bridgehead atoms. The summed E-state index contributed by atoms with van der Waals surface area (Å²) in [7, 11) is 0. The van der Waals surface area contributed by atoms with Gasteiger partial charge in [0.05, 0.1) is 0 Å². The maximum atomic E-state index is 12.4. The van der Waals surface area contributed by atoms with Crippen LogP contribution in [0.4, 0.5) is 0 Å². The first-order valence-corrected chi connectivity index (χ1v) is 7.11. The van der Waals surface area contributed by atoms with Gasteiger partial charge in [0.25, 0.3) is 0 Å². The van der Waals surface area contributed by atoms with Gasteiger partial charge in [0.2, 0.25) is 0 Å². The third-order valence-corrected chi connectivity index (χ3v) is 3.68. The molecule has 2 aromatic rings. The van der Waals surface area contributed by atoms with E-state index in [0.717, 1.165) is 21.2 Å². The van der Waals surface area contributed by atoms with Crippen LogP contribution in [0.3, 0.4) is 0 Å². The standard InChI is InChI=1S/C17H17BrO/c1-11-4-5-13(3)14(6-11)10-17(19)15-7-12(2)8-16(18)9-15/h4-9H,10H2,1-3H3. The molecule has 0 spiro atoms. The van der Waals surface area contributed by atoms with Crippen LogP contribution in [0.25, 0.3) is 0 Å². The molecule has 98 valence electrons. The zero-order chi connectivity index (χ0) is 14.0. The van der Waals surface area contributed by atoms with Gasteiger partial charge in [-0.15, -0.1) is 0 Å². The summed E-state index contributed by atoms with van der Waals surface area (Å²) in [6.45, 7) is 6.10. The van der Waals surface area contributed by atoms with E-state index in [2.05, 4.69) is 41.1 Å². The fourth-order valence-corrected chi connectivity index (χ4v) is 2.77. The molecule has 2 aromatic carbocycles. The Labute approximate surface area is 122 Å². The van der Waals surface area contributed by atoms with Gasteiger partial charge in [-0.3, -0.25) is 4.79 Å². The fraction of sp³-hybridized carbons (Fsp3) is 0.235. The molecule has 0 saturated heterocycles. The number of carbonyl (C=O) groups is 1. The lowest BCUT2D eigenvalue weighted by Gasteiger charge is -2.08. The Morgan fingerprint density at radius 1 is 1.00 bits per heavy atom. The summed E-state index contributed by atoms with van der Waals surface area (Å²) in [6, 6.07) is 12.1. The van der Waals surface area contributed by atoms with Crippen LogP contribution in [0.2, 0.25) is 0 Å². The summed E-state index contributed by atoms with van der Waals surface area (Å²) in [4.78, 5) is 12.4. The molecule has 0 aromatic heterocycles. The Balaban J connectivity index is 2.28. The minimum Gasteiger partial charge on any atom is -0.294 e. The molecular formula is C17H17BrO. The van der Waals surface area contributed by atoms with Crippen molar-refractivity contribution in [2.24, 2.45) is 0 Å². The lowest BCUT2D eigenvalue weighted by atomic mass is 9.97. The Morgan fingerprint density at radius 2 is 1.74 bits per heavy atom. The SMILES string of the molecule is Cc1cc(Br)cc(C(=O)Cc2cc(C)ccc2C)c1. The van der Waals surface area contributed by atoms with Crippen LogP contribution in [0, 0.1) is 20.8 Å². The summed E-state index contributed by atoms with van der Waals surface area (Å²) < 4.78 is 0.955. The first-order chi connectivity index (χ1) is 8.95. The number of aryl methyl sites for hydroxylation is 3. The van der Waals surface area contributed by atoms with E-state index in [-0.39, 0.29) is 5.78 Å². The van der Waals surface area contributed by atoms with E-state index in [1.807, 2.05) is 32.0 Å². The highest BCUT2D eigenvalue weighted by Crippen LogP contribution is 2.18. The largest absolute Gasteiger partial charge is 0.294 e. The number of ketones is 1. The molecule has 0 aliphatic rings. The molecule has 2 rings (SSSR count). The predicted molar refractivity (Wildman–Crippen MR) is 82.8 cm³/mol. The minimum absolute atomic E-state index is 0.165. The van der Waals surface area contributed by atoms with Crippen LogP contribution >= 0.6 is 15.9 Å². The van der Waals surface area contributed by atoms with Gasteiger partial charge in [-0.25, -0.2) is 0 Å². The molecule has 0 N–H and O–H groups in total. The van der Waals surface area contributed by atoms with Gasteiger partial charge in [0.1, 0.15) is 0 Å². The van der Waals surface area contributed by atoms with Crippen molar-refractivity contribution in [3.63, 3.8) is 0 Å². The second kappa shape index (κ2) is 5.70. The molecule has 0 unspecified atom stereocenters. The van der Waals surface area contributed by atoms with Gasteiger partial charge in [0, 0.05) is 16.5 Å². The zero-order valence-electron chi connectivity index (χ0n) is 11.5. The first kappa shape index (κ1) is 14.0. The van der Waals surface area contributed by atoms with E-state index in [9.17, 15) is 4.79 Å². The van der Waals surface area contributed by atoms with Crippen LogP contribution in [-0.2, 0) is 6.42 Å². The maximum absolute atomic E-state index is 12.4. The van der Waals surface area contributed by atoms with Crippen LogP contribution in [0.5, 0.6) is 0 Å². The highest BCUT2D eigenvalue weighted by atomic mass is 79.9. The van der Waals surface area contributed by atoms with Gasteiger partial charge < -0.3 is 0 Å². The fourth-order valence-electron chi connectivity index (χ4n) is 2.16. The number of halogens is 1. The monoisotopic (exact) mass is 316 g/mol. The summed E-state index contributed by atoms with van der Waals surface area (Å²) in [5.41, 5.74) is 5.35. The van der Waals surface area contributed by atoms with Crippen LogP contribution in [0.15, 0.2) is 40.9 Å². The molecule has 19 heavy (non-hydrogen) atoms. The Hall–Kier alpha value is -1.41. The average molecular weight is 317 g/mol. The van der Waals surface area contributed by atoms with Crippen molar-refractivity contribution in [3.8, 4) is 0 Å². The number of carbonyl (C=O) groups excluding carboxylic acids is 1. The van der Waals surface area contributed by atoms with E-state index < -0.39 is 0 Å². The maximum Gasteiger partial charge on any atom is 0.167 e. The summed E-state index contributed by atoms with van der Waals surface area (Å²) in [5.74, 6) is 0.165. The zero-order valence-corrected chi connectivity index (χ0v) is 13.0. The second-order valence-corrected chi connectivity index (χ2v) is 5.96. The highest BCUT2D eigenvalue weighted by Gasteiger charge is 2.10. The molecule has 0 heterocycles. The first-order valence-electron chi connectivity index (χ1n) is 6.32. The molecule has 0 atom stereocenters. The van der Waals surface area contributed by atoms with Crippen LogP contribution < -0.4 is 0 Å². The van der Waals surface area contributed by atoms with Crippen LogP contribution in [0.1, 0.15) is 32.6 Å². The molecule has 0 aliphatic carbocycles. The average Bonchev–Trinajstić information content (AvgIpc) is 2.32. The van der Waals surface area contributed by atoms with Gasteiger partial charge in [-0.1, -0.05) is 39.7 Å². The van der Waals surface area contributed by atoms with Crippen molar-refractivity contribution in [2.45, 2.75) is 27.2 Å². The smallest absolute Gasteiger partial charge is 0.167 e. The minimum atomic E-state index is 0.165. The molecule has 0 saturated carbocycles. The van der Waals surface area contributed by atoms with Crippen molar-refractivity contribution in [2.75, 3.05) is 0 Å². The summed E-state index contributed by atoms with van der Waals surface area (Å²) in [6.07, 6.45) is 0.462. The van der Waals surface area contributed by atoms with Crippen molar-refractivity contribution >= 4 is 21.7 Å². The quantitative estimate of drug-likeness (QED) is 0.743. The number of hydrogen-bond acceptors (Lipinski definition) is 1. The van der Waals surface area contributed by atoms with Gasteiger partial charge in [-0.2, -0.15) is 0 Å². The van der Waals surface area contributed by atoms with Crippen molar-refractivity contribution < 1.29 is 4.79 Å². The predicted octanol–water partition coefficient (Wildman–Crippen LogP) is 4.80. The van der Waals surface area contributed by atoms with Crippen LogP contribution in [-0.4, -0.2) is 5.78 Å². The van der Waals surface area contributed by atoms with E-state index in [1.54, 1.807) is 0 Å². The van der Waals surface area contributed by atoms with Gasteiger partial charge in [0.15, 0.2) is 5.78 Å². The lowest BCUT2D eigenvalue weighted by molar-refractivity contribution is 0.0992. The Bertz CT molecular complexity index is 609. The van der Waals surface area contributed by atoms with E-state index in [1.165, 1.54) is 11.1 Å². The molecule has 0 amide bonds. The molecule has 0 fully saturated rings. The molecule has 2 heteroatoms. The van der Waals surface area contributed by atoms with Crippen molar-refractivity contribution in [1.82, 2.24) is 0 Å². The van der Waals surface area contributed by atoms with E-state index in [0.29, 0.717) is 6.42 Å². The number of Topliss-reactive ketones (excluding diaryl/α,β-unsaturated/α-hetero) is 1. The number of rotatable bonds is 3. The lowest BCUT2D eigenvalue weighted by Crippen LogP contribution is -2.05. The molecule has 0 aliphatic heterocycles. The molecule has 0 radical (unpaired) electrons. The molecular weight excluding hydrogens is 300 g/mol. The number of benzene rings is 2. The van der Waals surface area contributed by atoms with E-state index in [4.69, 9.17) is 0 Å². The van der Waals surface area contributed by atoms with Crippen molar-refractivity contribution in [1.29, 1.82) is 0 Å². The summed E-state index contributed by atoms with van der Waals surface area (Å²) in [5, 5.41) is 0. The molecule has 1 nitrogen and oxygen atoms in total. The summed E-state index contributed by atoms with van der Waals surface area (Å²) >= 11 is 3.44. The second-order valence-electron chi connectivity index (χ2n) is 5.05. The van der Waals surface area contributed by atoms with Gasteiger partial charge >= 0.3 is 0 Å². The highest BCUT2D eigenvalue weighted by molar-refractivity contribution is 9.10. The van der Waals surface area contributed by atoms with E-state index >= 15 is 0 Å². The number of hydrogen-bond donors (Lipinski definition) is 0. The topological polar surface area (TPSA) is 17.1 Å². The Kier molecular flexibility index (Phi) is 4.20. The van der Waals surface area contributed by atoms with Gasteiger partial charge in [-0.05, 0) is 55.7 Å². The van der Waals surface area contributed by atoms with Crippen molar-refractivity contribution in [3.05, 3.63) is 68.7 Å². The normalized spacial score (nSPS) is 10.5. The third kappa shape index (κ3) is 3.54. The Morgan fingerprint density at radius 3 is 2.42 bits per heavy atom. The third-order valence-electron chi connectivity index (χ3n) is 3.22.